The van der Waals surface area contributed by atoms with Crippen LogP contribution in [0.2, 0.25) is 0 Å². The topological polar surface area (TPSA) is 17.1 Å². The number of carbonyl (C=O) groups is 1. The summed E-state index contributed by atoms with van der Waals surface area (Å²) in [6.45, 7) is 1.59. The van der Waals surface area contributed by atoms with E-state index in [2.05, 4.69) is 0 Å². The molecular weight excluding hydrogens is 260 g/mol. The predicted octanol–water partition coefficient (Wildman–Crippen LogP) is 3.59. The van der Waals surface area contributed by atoms with E-state index >= 15 is 0 Å². The minimum atomic E-state index is 0. The average molecular weight is 274 g/mol. The van der Waals surface area contributed by atoms with Crippen LogP contribution in [0, 0.1) is 0 Å². The van der Waals surface area contributed by atoms with Crippen LogP contribution in [0.4, 0.5) is 0 Å². The van der Waals surface area contributed by atoms with Gasteiger partial charge in [0.05, 0.1) is 0 Å². The Labute approximate surface area is 111 Å². The van der Waals surface area contributed by atoms with Gasteiger partial charge in [-0.25, -0.2) is 12.1 Å². The van der Waals surface area contributed by atoms with Crippen LogP contribution >= 0.6 is 11.8 Å². The van der Waals surface area contributed by atoms with Crippen molar-refractivity contribution in [2.75, 3.05) is 0 Å². The van der Waals surface area contributed by atoms with Crippen molar-refractivity contribution in [1.29, 1.82) is 0 Å². The Morgan fingerprint density at radius 3 is 1.94 bits per heavy atom. The molecule has 0 fully saturated rings. The molecule has 0 unspecified atom stereocenters. The molecule has 0 spiro atoms. The summed E-state index contributed by atoms with van der Waals surface area (Å²) in [6.07, 6.45) is 0. The SMILES string of the molecule is CC(=O)SC[c-]1cccc1.[Fe].[cH-]1[cH-][cH-][cH-][cH-]1. The quantitative estimate of drug-likeness (QED) is 0.615. The summed E-state index contributed by atoms with van der Waals surface area (Å²) in [7, 11) is 0. The number of rotatable bonds is 2. The molecule has 0 aliphatic heterocycles. The first-order chi connectivity index (χ1) is 7.29. The van der Waals surface area contributed by atoms with Crippen LogP contribution in [0.5, 0.6) is 0 Å². The van der Waals surface area contributed by atoms with Gasteiger partial charge in [-0.1, -0.05) is 11.8 Å². The van der Waals surface area contributed by atoms with Crippen LogP contribution in [0.25, 0.3) is 0 Å². The molecule has 0 heterocycles. The second-order valence-corrected chi connectivity index (χ2v) is 4.19. The summed E-state index contributed by atoms with van der Waals surface area (Å²) in [5, 5.41) is 0.182. The van der Waals surface area contributed by atoms with Crippen molar-refractivity contribution >= 4 is 16.9 Å². The maximum absolute atomic E-state index is 10.5. The Morgan fingerprint density at radius 1 is 1.12 bits per heavy atom. The molecule has 92 valence electrons. The van der Waals surface area contributed by atoms with Crippen molar-refractivity contribution in [3.63, 3.8) is 0 Å². The fourth-order valence-electron chi connectivity index (χ4n) is 1.02. The van der Waals surface area contributed by atoms with Gasteiger partial charge in [0.1, 0.15) is 0 Å². The van der Waals surface area contributed by atoms with Crippen molar-refractivity contribution < 1.29 is 21.9 Å². The Hall–Kier alpha value is -0.761. The smallest absolute Gasteiger partial charge is 0.185 e. The molecule has 0 atom stereocenters. The minimum Gasteiger partial charge on any atom is -0.748 e. The van der Waals surface area contributed by atoms with E-state index in [1.807, 2.05) is 54.6 Å². The van der Waals surface area contributed by atoms with E-state index in [-0.39, 0.29) is 22.2 Å². The van der Waals surface area contributed by atoms with E-state index in [0.29, 0.717) is 0 Å². The first kappa shape index (κ1) is 15.2. The van der Waals surface area contributed by atoms with Gasteiger partial charge in [0.2, 0.25) is 0 Å². The fraction of sp³-hybridized carbons (Fsp3) is 0.154. The summed E-state index contributed by atoms with van der Waals surface area (Å²) < 4.78 is 0. The number of hydrogen-bond acceptors (Lipinski definition) is 2. The third-order valence-electron chi connectivity index (χ3n) is 1.73. The summed E-state index contributed by atoms with van der Waals surface area (Å²) in [6, 6.07) is 18.0. The van der Waals surface area contributed by atoms with E-state index in [1.165, 1.54) is 17.3 Å². The van der Waals surface area contributed by atoms with E-state index in [0.717, 1.165) is 5.75 Å². The third-order valence-corrected chi connectivity index (χ3v) is 2.61. The van der Waals surface area contributed by atoms with Crippen LogP contribution < -0.4 is 0 Å². The second kappa shape index (κ2) is 9.46. The Balaban J connectivity index is 0.000000318. The molecular formula is C13H14FeOS-6. The van der Waals surface area contributed by atoms with Gasteiger partial charge in [0, 0.05) is 24.0 Å². The van der Waals surface area contributed by atoms with E-state index in [1.54, 1.807) is 6.92 Å². The first-order valence-corrected chi connectivity index (χ1v) is 5.78. The molecule has 0 aliphatic carbocycles. The maximum atomic E-state index is 10.5. The molecule has 0 aromatic heterocycles. The maximum Gasteiger partial charge on any atom is 0.185 e. The first-order valence-electron chi connectivity index (χ1n) is 4.79. The molecule has 2 aromatic rings. The number of thioether (sulfide) groups is 1. The molecule has 0 bridgehead atoms. The molecule has 0 aliphatic rings. The minimum absolute atomic E-state index is 0. The summed E-state index contributed by atoms with van der Waals surface area (Å²) >= 11 is 1.35. The van der Waals surface area contributed by atoms with Crippen LogP contribution in [0.15, 0.2) is 54.6 Å². The largest absolute Gasteiger partial charge is 0.748 e. The van der Waals surface area contributed by atoms with Crippen molar-refractivity contribution in [3.8, 4) is 0 Å². The molecule has 0 saturated carbocycles. The standard InChI is InChI=1S/C8H9OS.C5H5.Fe/c1-7(9)10-6-8-4-2-3-5-8;1-2-4-5-3-1;/h2-5H,6H2,1H3;1-5H;/q-1;-5;. The molecule has 0 radical (unpaired) electrons. The van der Waals surface area contributed by atoms with Gasteiger partial charge >= 0.3 is 0 Å². The second-order valence-electron chi connectivity index (χ2n) is 3.04. The number of carbonyl (C=O) groups excluding carboxylic acids is 1. The van der Waals surface area contributed by atoms with Crippen LogP contribution in [-0.4, -0.2) is 5.12 Å². The van der Waals surface area contributed by atoms with Crippen molar-refractivity contribution in [1.82, 2.24) is 0 Å². The molecule has 3 heteroatoms. The van der Waals surface area contributed by atoms with E-state index in [4.69, 9.17) is 0 Å². The van der Waals surface area contributed by atoms with Gasteiger partial charge in [-0.2, -0.15) is 12.1 Å². The molecule has 16 heavy (non-hydrogen) atoms. The molecule has 0 amide bonds. The Morgan fingerprint density at radius 2 is 1.56 bits per heavy atom. The monoisotopic (exact) mass is 274 g/mol. The molecule has 1 nitrogen and oxygen atoms in total. The van der Waals surface area contributed by atoms with Crippen molar-refractivity contribution in [2.24, 2.45) is 0 Å². The number of hydrogen-bond donors (Lipinski definition) is 0. The van der Waals surface area contributed by atoms with Crippen molar-refractivity contribution in [2.45, 2.75) is 12.7 Å². The zero-order valence-electron chi connectivity index (χ0n) is 9.07. The van der Waals surface area contributed by atoms with E-state index < -0.39 is 0 Å². The zero-order valence-corrected chi connectivity index (χ0v) is 11.0. The third kappa shape index (κ3) is 7.52. The van der Waals surface area contributed by atoms with E-state index in [9.17, 15) is 4.79 Å². The van der Waals surface area contributed by atoms with Gasteiger partial charge in [-0.3, -0.25) is 4.79 Å². The van der Waals surface area contributed by atoms with Gasteiger partial charge in [0.15, 0.2) is 5.12 Å². The Kier molecular flexibility index (Phi) is 9.01. The van der Waals surface area contributed by atoms with Crippen LogP contribution in [0.3, 0.4) is 0 Å². The average Bonchev–Trinajstić information content (AvgIpc) is 2.91. The van der Waals surface area contributed by atoms with Crippen molar-refractivity contribution in [3.05, 3.63) is 60.2 Å². The van der Waals surface area contributed by atoms with Crippen LogP contribution in [-0.2, 0) is 27.6 Å². The zero-order chi connectivity index (χ0) is 10.9. The van der Waals surface area contributed by atoms with Crippen LogP contribution in [0.1, 0.15) is 12.5 Å². The predicted molar refractivity (Wildman–Crippen MR) is 66.0 cm³/mol. The van der Waals surface area contributed by atoms with Gasteiger partial charge in [0.25, 0.3) is 0 Å². The summed E-state index contributed by atoms with van der Waals surface area (Å²) in [4.78, 5) is 10.5. The molecule has 2 aromatic carbocycles. The molecule has 0 N–H and O–H groups in total. The Bertz CT molecular complexity index is 334. The molecule has 0 saturated heterocycles. The summed E-state index contributed by atoms with van der Waals surface area (Å²) in [5.41, 5.74) is 1.22. The fourth-order valence-corrected chi connectivity index (χ4v) is 1.58. The van der Waals surface area contributed by atoms with Gasteiger partial charge < -0.3 is 30.3 Å². The molecule has 2 rings (SSSR count). The normalized spacial score (nSPS) is 8.56. The van der Waals surface area contributed by atoms with Gasteiger partial charge in [-0.05, 0) is 5.75 Å². The van der Waals surface area contributed by atoms with Gasteiger partial charge in [-0.15, -0.1) is 5.56 Å². The summed E-state index contributed by atoms with van der Waals surface area (Å²) in [5.74, 6) is 0.808.